The van der Waals surface area contributed by atoms with Crippen LogP contribution in [0.3, 0.4) is 0 Å². The van der Waals surface area contributed by atoms with E-state index in [0.29, 0.717) is 30.8 Å². The van der Waals surface area contributed by atoms with E-state index in [2.05, 4.69) is 30.4 Å². The molecule has 0 bridgehead atoms. The van der Waals surface area contributed by atoms with Gasteiger partial charge in [-0.3, -0.25) is 4.90 Å². The number of piperidine rings is 1. The van der Waals surface area contributed by atoms with Crippen molar-refractivity contribution in [3.63, 3.8) is 0 Å². The van der Waals surface area contributed by atoms with Crippen molar-refractivity contribution < 1.29 is 9.52 Å². The number of nitrogens with one attached hydrogen (secondary N) is 1. The van der Waals surface area contributed by atoms with Crippen molar-refractivity contribution in [2.75, 3.05) is 18.4 Å². The van der Waals surface area contributed by atoms with E-state index in [-0.39, 0.29) is 6.04 Å². The van der Waals surface area contributed by atoms with Gasteiger partial charge in [0.2, 0.25) is 17.7 Å². The van der Waals surface area contributed by atoms with Gasteiger partial charge in [-0.05, 0) is 24.6 Å². The van der Waals surface area contributed by atoms with E-state index in [1.807, 2.05) is 30.3 Å². The zero-order valence-electron chi connectivity index (χ0n) is 14.2. The van der Waals surface area contributed by atoms with Crippen LogP contribution in [0.25, 0.3) is 11.5 Å². The first-order valence-corrected chi connectivity index (χ1v) is 8.60. The van der Waals surface area contributed by atoms with Crippen molar-refractivity contribution in [2.45, 2.75) is 25.1 Å². The largest absolute Gasteiger partial charge is 0.419 e. The second kappa shape index (κ2) is 7.59. The third-order valence-electron chi connectivity index (χ3n) is 4.39. The summed E-state index contributed by atoms with van der Waals surface area (Å²) in [4.78, 5) is 10.4. The van der Waals surface area contributed by atoms with Gasteiger partial charge in [-0.25, -0.2) is 9.97 Å². The predicted molar refractivity (Wildman–Crippen MR) is 95.1 cm³/mol. The minimum Gasteiger partial charge on any atom is -0.419 e. The maximum atomic E-state index is 10.4. The van der Waals surface area contributed by atoms with Crippen LogP contribution in [0, 0.1) is 0 Å². The molecule has 3 heterocycles. The van der Waals surface area contributed by atoms with E-state index in [0.717, 1.165) is 18.5 Å². The second-order valence-corrected chi connectivity index (χ2v) is 6.28. The van der Waals surface area contributed by atoms with Crippen LogP contribution in [-0.2, 0) is 6.54 Å². The fourth-order valence-electron chi connectivity index (χ4n) is 3.05. The topological polar surface area (TPSA) is 100 Å². The number of hydrogen-bond acceptors (Lipinski definition) is 8. The van der Waals surface area contributed by atoms with E-state index >= 15 is 0 Å². The highest BCUT2D eigenvalue weighted by molar-refractivity contribution is 5.51. The summed E-state index contributed by atoms with van der Waals surface area (Å²) in [6.07, 6.45) is 3.61. The van der Waals surface area contributed by atoms with E-state index in [1.165, 1.54) is 0 Å². The summed E-state index contributed by atoms with van der Waals surface area (Å²) in [5.41, 5.74) is 0.900. The molecule has 0 unspecified atom stereocenters. The summed E-state index contributed by atoms with van der Waals surface area (Å²) in [7, 11) is 0. The average Bonchev–Trinajstić information content (AvgIpc) is 3.14. The Bertz CT molecular complexity index is 826. The molecular weight excluding hydrogens is 332 g/mol. The van der Waals surface area contributed by atoms with Crippen LogP contribution in [0.15, 0.2) is 53.2 Å². The molecule has 134 valence electrons. The average molecular weight is 352 g/mol. The number of likely N-dealkylation sites (tertiary alicyclic amines) is 1. The number of aliphatic hydroxyl groups excluding tert-OH is 1. The standard InChI is InChI=1S/C18H20N6O2/c25-15-11-24(10-7-14(15)21-18-19-8-4-9-20-18)12-16-22-23-17(26-16)13-5-2-1-3-6-13/h1-6,8-9,14-15,25H,7,10-12H2,(H,19,20,21)/t14-,15-/m1/s1. The molecule has 2 atom stereocenters. The molecule has 1 saturated heterocycles. The van der Waals surface area contributed by atoms with Gasteiger partial charge in [-0.1, -0.05) is 18.2 Å². The molecule has 3 aromatic rings. The molecule has 1 aliphatic rings. The quantitative estimate of drug-likeness (QED) is 0.714. The molecule has 0 saturated carbocycles. The Balaban J connectivity index is 1.34. The molecular formula is C18H20N6O2. The van der Waals surface area contributed by atoms with Crippen LogP contribution in [0.1, 0.15) is 12.3 Å². The van der Waals surface area contributed by atoms with Crippen LogP contribution in [-0.4, -0.2) is 55.4 Å². The maximum Gasteiger partial charge on any atom is 0.247 e. The van der Waals surface area contributed by atoms with Crippen molar-refractivity contribution in [1.82, 2.24) is 25.1 Å². The maximum absolute atomic E-state index is 10.4. The highest BCUT2D eigenvalue weighted by atomic mass is 16.4. The lowest BCUT2D eigenvalue weighted by atomic mass is 10.0. The number of β-amino-alcohol motifs (C(OH)–C–C–N with tert-alkyl or cyclic N) is 1. The smallest absolute Gasteiger partial charge is 0.247 e. The monoisotopic (exact) mass is 352 g/mol. The van der Waals surface area contributed by atoms with E-state index in [4.69, 9.17) is 4.42 Å². The van der Waals surface area contributed by atoms with Gasteiger partial charge < -0.3 is 14.8 Å². The third kappa shape index (κ3) is 3.87. The molecule has 0 amide bonds. The first-order chi connectivity index (χ1) is 12.8. The van der Waals surface area contributed by atoms with Gasteiger partial charge in [0.15, 0.2) is 0 Å². The molecule has 0 spiro atoms. The van der Waals surface area contributed by atoms with Gasteiger partial charge in [0.25, 0.3) is 0 Å². The lowest BCUT2D eigenvalue weighted by molar-refractivity contribution is 0.0520. The minimum absolute atomic E-state index is 0.0729. The van der Waals surface area contributed by atoms with Crippen LogP contribution in [0.5, 0.6) is 0 Å². The minimum atomic E-state index is -0.524. The number of aliphatic hydroxyl groups is 1. The predicted octanol–water partition coefficient (Wildman–Crippen LogP) is 1.57. The zero-order valence-corrected chi connectivity index (χ0v) is 14.2. The molecule has 8 nitrogen and oxygen atoms in total. The molecule has 4 rings (SSSR count). The Morgan fingerprint density at radius 2 is 1.92 bits per heavy atom. The lowest BCUT2D eigenvalue weighted by Gasteiger charge is -2.35. The van der Waals surface area contributed by atoms with E-state index in [9.17, 15) is 5.11 Å². The van der Waals surface area contributed by atoms with Crippen molar-refractivity contribution >= 4 is 5.95 Å². The summed E-state index contributed by atoms with van der Waals surface area (Å²) in [6.45, 7) is 1.85. The number of hydrogen-bond donors (Lipinski definition) is 2. The molecule has 8 heteroatoms. The van der Waals surface area contributed by atoms with E-state index < -0.39 is 6.10 Å². The Kier molecular flexibility index (Phi) is 4.85. The molecule has 1 aliphatic heterocycles. The summed E-state index contributed by atoms with van der Waals surface area (Å²) < 4.78 is 5.75. The normalized spacial score (nSPS) is 20.8. The van der Waals surface area contributed by atoms with Crippen molar-refractivity contribution in [1.29, 1.82) is 0 Å². The molecule has 0 aliphatic carbocycles. The van der Waals surface area contributed by atoms with E-state index in [1.54, 1.807) is 18.5 Å². The first kappa shape index (κ1) is 16.6. The summed E-state index contributed by atoms with van der Waals surface area (Å²) >= 11 is 0. The number of nitrogens with zero attached hydrogens (tertiary/aromatic N) is 5. The van der Waals surface area contributed by atoms with Crippen LogP contribution < -0.4 is 5.32 Å². The number of aromatic nitrogens is 4. The molecule has 1 aromatic carbocycles. The fourth-order valence-corrected chi connectivity index (χ4v) is 3.05. The van der Waals surface area contributed by atoms with Crippen LogP contribution in [0.4, 0.5) is 5.95 Å². The Morgan fingerprint density at radius 1 is 1.12 bits per heavy atom. The van der Waals surface area contributed by atoms with Crippen molar-refractivity contribution in [3.8, 4) is 11.5 Å². The van der Waals surface area contributed by atoms with Crippen LogP contribution >= 0.6 is 0 Å². The van der Waals surface area contributed by atoms with Gasteiger partial charge in [0.1, 0.15) is 0 Å². The van der Waals surface area contributed by atoms with Crippen molar-refractivity contribution in [3.05, 3.63) is 54.7 Å². The molecule has 26 heavy (non-hydrogen) atoms. The SMILES string of the molecule is O[C@@H]1CN(Cc2nnc(-c3ccccc3)o2)CC[C@H]1Nc1ncccn1. The summed E-state index contributed by atoms with van der Waals surface area (Å²) in [5.74, 6) is 1.60. The van der Waals surface area contributed by atoms with Gasteiger partial charge >= 0.3 is 0 Å². The van der Waals surface area contributed by atoms with Gasteiger partial charge in [-0.2, -0.15) is 0 Å². The van der Waals surface area contributed by atoms with Crippen molar-refractivity contribution in [2.24, 2.45) is 0 Å². The van der Waals surface area contributed by atoms with Gasteiger partial charge in [0, 0.05) is 31.0 Å². The fraction of sp³-hybridized carbons (Fsp3) is 0.333. The second-order valence-electron chi connectivity index (χ2n) is 6.28. The van der Waals surface area contributed by atoms with Gasteiger partial charge in [-0.15, -0.1) is 10.2 Å². The van der Waals surface area contributed by atoms with Gasteiger partial charge in [0.05, 0.1) is 18.7 Å². The third-order valence-corrected chi connectivity index (χ3v) is 4.39. The number of benzene rings is 1. The molecule has 2 aromatic heterocycles. The summed E-state index contributed by atoms with van der Waals surface area (Å²) in [5, 5.41) is 21.9. The molecule has 0 radical (unpaired) electrons. The van der Waals surface area contributed by atoms with Crippen LogP contribution in [0.2, 0.25) is 0 Å². The highest BCUT2D eigenvalue weighted by Gasteiger charge is 2.29. The Morgan fingerprint density at radius 3 is 2.69 bits per heavy atom. The first-order valence-electron chi connectivity index (χ1n) is 8.60. The zero-order chi connectivity index (χ0) is 17.8. The lowest BCUT2D eigenvalue weighted by Crippen LogP contribution is -2.49. The summed E-state index contributed by atoms with van der Waals surface area (Å²) in [6, 6.07) is 11.4. The Labute approximate surface area is 150 Å². The molecule has 2 N–H and O–H groups in total. The number of rotatable bonds is 5. The highest BCUT2D eigenvalue weighted by Crippen LogP contribution is 2.20. The molecule has 1 fully saturated rings. The Hall–Kier alpha value is -2.84. The number of anilines is 1.